The lowest BCUT2D eigenvalue weighted by Crippen LogP contribution is -2.29. The van der Waals surface area contributed by atoms with Crippen molar-refractivity contribution in [1.82, 2.24) is 5.32 Å². The largest absolute Gasteiger partial charge is 0.466 e. The molecule has 1 heterocycles. The van der Waals surface area contributed by atoms with Crippen LogP contribution >= 0.6 is 11.6 Å². The topological polar surface area (TPSA) is 42.7 Å². The molecule has 0 aromatic heterocycles. The van der Waals surface area contributed by atoms with E-state index in [9.17, 15) is 9.18 Å². The Hall–Kier alpha value is -3.10. The van der Waals surface area contributed by atoms with Crippen LogP contribution in [-0.4, -0.2) is 13.1 Å². The van der Waals surface area contributed by atoms with E-state index in [1.54, 1.807) is 6.92 Å². The Morgan fingerprint density at radius 1 is 1.24 bits per heavy atom. The fraction of sp³-hybridized carbons (Fsp3) is 0.217. The fourth-order valence-corrected chi connectivity index (χ4v) is 3.81. The summed E-state index contributed by atoms with van der Waals surface area (Å²) in [5, 5.41) is 3.37. The number of allylic oxidation sites excluding steroid dienone is 3. The number of methoxy groups -OCH3 is 1. The Kier molecular flexibility index (Phi) is 6.36. The van der Waals surface area contributed by atoms with Crippen LogP contribution < -0.4 is 5.32 Å². The summed E-state index contributed by atoms with van der Waals surface area (Å²) in [5.41, 5.74) is 3.60. The summed E-state index contributed by atoms with van der Waals surface area (Å²) in [4.78, 5) is 16.4. The number of nitrogens with one attached hydrogen (secondary N) is 1. The monoisotopic (exact) mass is 410 g/mol. The van der Waals surface area contributed by atoms with Gasteiger partial charge in [-0.2, -0.15) is 0 Å². The van der Waals surface area contributed by atoms with Crippen LogP contribution in [-0.2, 0) is 16.0 Å². The summed E-state index contributed by atoms with van der Waals surface area (Å²) in [6, 6.07) is 13.9. The minimum atomic E-state index is -0.722. The van der Waals surface area contributed by atoms with Gasteiger partial charge in [0.1, 0.15) is 5.82 Å². The summed E-state index contributed by atoms with van der Waals surface area (Å²) in [5.74, 6) is -1.75. The van der Waals surface area contributed by atoms with Gasteiger partial charge in [-0.1, -0.05) is 48.0 Å². The molecule has 1 aliphatic rings. The molecule has 0 amide bonds. The van der Waals surface area contributed by atoms with E-state index in [-0.39, 0.29) is 5.02 Å². The zero-order valence-corrected chi connectivity index (χ0v) is 16.9. The van der Waals surface area contributed by atoms with Crippen LogP contribution in [0.3, 0.4) is 0 Å². The van der Waals surface area contributed by atoms with Gasteiger partial charge in [-0.05, 0) is 43.0 Å². The molecular weight excluding hydrogens is 391 g/mol. The van der Waals surface area contributed by atoms with Gasteiger partial charge in [0.25, 0.3) is 0 Å². The summed E-state index contributed by atoms with van der Waals surface area (Å²) in [6.45, 7) is 9.43. The van der Waals surface area contributed by atoms with Gasteiger partial charge in [-0.3, -0.25) is 0 Å². The maximum absolute atomic E-state index is 13.6. The highest BCUT2D eigenvalue weighted by Gasteiger charge is 2.36. The quantitative estimate of drug-likeness (QED) is 0.531. The van der Waals surface area contributed by atoms with Crippen LogP contribution in [0.25, 0.3) is 4.85 Å². The molecule has 1 aliphatic heterocycles. The van der Waals surface area contributed by atoms with Gasteiger partial charge in [0.2, 0.25) is 0 Å². The van der Waals surface area contributed by atoms with Gasteiger partial charge in [0.15, 0.2) is 5.70 Å². The van der Waals surface area contributed by atoms with Crippen molar-refractivity contribution in [2.24, 2.45) is 0 Å². The van der Waals surface area contributed by atoms with Gasteiger partial charge < -0.3 is 10.1 Å². The first-order chi connectivity index (χ1) is 14.0. The van der Waals surface area contributed by atoms with Crippen LogP contribution in [0.4, 0.5) is 4.39 Å². The number of benzene rings is 2. The number of halogens is 2. The molecule has 2 aromatic rings. The highest BCUT2D eigenvalue weighted by Crippen LogP contribution is 2.42. The average Bonchev–Trinajstić information content (AvgIpc) is 2.72. The molecule has 29 heavy (non-hydrogen) atoms. The van der Waals surface area contributed by atoms with Crippen LogP contribution in [0, 0.1) is 12.4 Å². The van der Waals surface area contributed by atoms with Crippen molar-refractivity contribution in [2.45, 2.75) is 25.7 Å². The van der Waals surface area contributed by atoms with Crippen LogP contribution in [0.2, 0.25) is 5.02 Å². The van der Waals surface area contributed by atoms with Crippen molar-refractivity contribution in [1.29, 1.82) is 0 Å². The van der Waals surface area contributed by atoms with E-state index in [2.05, 4.69) is 10.2 Å². The molecule has 3 rings (SSSR count). The number of ether oxygens (including phenoxy) is 1. The summed E-state index contributed by atoms with van der Waals surface area (Å²) < 4.78 is 18.6. The molecule has 1 atom stereocenters. The smallest absolute Gasteiger partial charge is 0.335 e. The van der Waals surface area contributed by atoms with E-state index >= 15 is 0 Å². The molecule has 0 radical (unpaired) electrons. The molecule has 0 saturated heterocycles. The third-order valence-corrected chi connectivity index (χ3v) is 5.24. The third-order valence-electron chi connectivity index (χ3n) is 4.92. The zero-order valence-electron chi connectivity index (χ0n) is 16.1. The standard InChI is InChI=1S/C23H20ClFN2O2/c1-14-22(26-2)20(17-11-10-16(25)13-18(17)24)21(23(28)29-3)19(27-14)12-9-15-7-5-4-6-8-15/h4-8,10-11,13,20,27H,9,12H2,1,3H3. The van der Waals surface area contributed by atoms with Crippen LogP contribution in [0.15, 0.2) is 71.2 Å². The molecule has 0 bridgehead atoms. The maximum atomic E-state index is 13.6. The number of carbonyl (C=O) groups excluding carboxylic acids is 1. The predicted octanol–water partition coefficient (Wildman–Crippen LogP) is 5.38. The summed E-state index contributed by atoms with van der Waals surface area (Å²) >= 11 is 6.31. The number of rotatable bonds is 5. The molecule has 148 valence electrons. The van der Waals surface area contributed by atoms with Crippen LogP contribution in [0.1, 0.15) is 30.4 Å². The van der Waals surface area contributed by atoms with E-state index in [1.807, 2.05) is 30.3 Å². The molecule has 0 aliphatic carbocycles. The molecule has 6 heteroatoms. The van der Waals surface area contributed by atoms with Crippen molar-refractivity contribution in [3.05, 3.63) is 105 Å². The van der Waals surface area contributed by atoms with Crippen LogP contribution in [0.5, 0.6) is 0 Å². The number of hydrogen-bond acceptors (Lipinski definition) is 3. The van der Waals surface area contributed by atoms with Crippen molar-refractivity contribution in [3.63, 3.8) is 0 Å². The van der Waals surface area contributed by atoms with Crippen molar-refractivity contribution >= 4 is 17.6 Å². The fourth-order valence-electron chi connectivity index (χ4n) is 3.53. The minimum Gasteiger partial charge on any atom is -0.466 e. The Morgan fingerprint density at radius 3 is 2.59 bits per heavy atom. The molecule has 0 fully saturated rings. The predicted molar refractivity (Wildman–Crippen MR) is 110 cm³/mol. The van der Waals surface area contributed by atoms with Gasteiger partial charge in [-0.15, -0.1) is 0 Å². The normalized spacial score (nSPS) is 16.3. The minimum absolute atomic E-state index is 0.162. The number of aryl methyl sites for hydroxylation is 1. The SMILES string of the molecule is [C-]#[N+]C1=C(C)NC(CCc2ccccc2)=C(C(=O)OC)C1c1ccc(F)cc1Cl. The highest BCUT2D eigenvalue weighted by molar-refractivity contribution is 6.31. The first-order valence-electron chi connectivity index (χ1n) is 9.11. The Balaban J connectivity index is 2.11. The number of carbonyl (C=O) groups is 1. The van der Waals surface area contributed by atoms with E-state index in [0.717, 1.165) is 5.56 Å². The summed E-state index contributed by atoms with van der Waals surface area (Å²) in [6.07, 6.45) is 1.25. The lowest BCUT2D eigenvalue weighted by atomic mass is 9.83. The molecule has 2 aromatic carbocycles. The average molecular weight is 411 g/mol. The molecule has 0 saturated carbocycles. The van der Waals surface area contributed by atoms with Gasteiger partial charge in [0, 0.05) is 16.4 Å². The first kappa shape index (κ1) is 20.6. The molecule has 1 unspecified atom stereocenters. The van der Waals surface area contributed by atoms with E-state index in [4.69, 9.17) is 22.9 Å². The first-order valence-corrected chi connectivity index (χ1v) is 9.49. The van der Waals surface area contributed by atoms with Crippen molar-refractivity contribution < 1.29 is 13.9 Å². The number of hydrogen-bond donors (Lipinski definition) is 1. The lowest BCUT2D eigenvalue weighted by molar-refractivity contribution is -0.136. The number of nitrogens with zero attached hydrogens (tertiary/aromatic N) is 1. The molecule has 1 N–H and O–H groups in total. The second-order valence-corrected chi connectivity index (χ2v) is 7.12. The highest BCUT2D eigenvalue weighted by atomic mass is 35.5. The summed E-state index contributed by atoms with van der Waals surface area (Å²) in [7, 11) is 1.30. The van der Waals surface area contributed by atoms with E-state index in [1.165, 1.54) is 25.3 Å². The molecule has 4 nitrogen and oxygen atoms in total. The van der Waals surface area contributed by atoms with Gasteiger partial charge in [-0.25, -0.2) is 14.0 Å². The second kappa shape index (κ2) is 8.93. The number of dihydropyridines is 1. The van der Waals surface area contributed by atoms with E-state index in [0.29, 0.717) is 41.1 Å². The molecular formula is C23H20ClFN2O2. The van der Waals surface area contributed by atoms with Crippen molar-refractivity contribution in [2.75, 3.05) is 7.11 Å². The third kappa shape index (κ3) is 4.33. The lowest BCUT2D eigenvalue weighted by Gasteiger charge is -2.30. The zero-order chi connectivity index (χ0) is 21.0. The Labute approximate surface area is 174 Å². The molecule has 0 spiro atoms. The Morgan fingerprint density at radius 2 is 1.97 bits per heavy atom. The van der Waals surface area contributed by atoms with Gasteiger partial charge >= 0.3 is 5.97 Å². The number of esters is 1. The Bertz CT molecular complexity index is 1040. The second-order valence-electron chi connectivity index (χ2n) is 6.72. The van der Waals surface area contributed by atoms with Gasteiger partial charge in [0.05, 0.1) is 25.2 Å². The van der Waals surface area contributed by atoms with E-state index < -0.39 is 17.7 Å². The van der Waals surface area contributed by atoms with Crippen molar-refractivity contribution in [3.8, 4) is 0 Å². The maximum Gasteiger partial charge on any atom is 0.335 e.